The Bertz CT molecular complexity index is 1050. The molecule has 8 nitrogen and oxygen atoms in total. The summed E-state index contributed by atoms with van der Waals surface area (Å²) in [7, 11) is 0. The predicted molar refractivity (Wildman–Crippen MR) is 104 cm³/mol. The number of ether oxygens (including phenoxy) is 1. The van der Waals surface area contributed by atoms with Crippen LogP contribution in [0.4, 0.5) is 16.2 Å². The number of hydrogen-bond acceptors (Lipinski definition) is 5. The number of amides is 2. The molecule has 0 unspecified atom stereocenters. The van der Waals surface area contributed by atoms with E-state index in [0.717, 1.165) is 5.56 Å². The van der Waals surface area contributed by atoms with Crippen LogP contribution in [-0.2, 0) is 4.74 Å². The number of nitrogens with zero attached hydrogens (tertiary/aromatic N) is 4. The molecule has 0 spiro atoms. The van der Waals surface area contributed by atoms with Crippen LogP contribution in [-0.4, -0.2) is 39.9 Å². The largest absolute Gasteiger partial charge is 0.447 e. The smallest absolute Gasteiger partial charge is 0.414 e. The van der Waals surface area contributed by atoms with Crippen molar-refractivity contribution in [1.29, 1.82) is 0 Å². The summed E-state index contributed by atoms with van der Waals surface area (Å²) in [6.07, 6.45) is 2.82. The molecule has 1 saturated heterocycles. The van der Waals surface area contributed by atoms with Crippen LogP contribution in [0.15, 0.2) is 48.8 Å². The predicted octanol–water partition coefficient (Wildman–Crippen LogP) is 3.09. The topological polar surface area (TPSA) is 89.4 Å². The molecule has 28 heavy (non-hydrogen) atoms. The van der Waals surface area contributed by atoms with E-state index in [2.05, 4.69) is 15.4 Å². The van der Waals surface area contributed by atoms with Crippen molar-refractivity contribution in [2.45, 2.75) is 13.8 Å². The third kappa shape index (κ3) is 3.20. The van der Waals surface area contributed by atoms with Gasteiger partial charge in [-0.1, -0.05) is 12.1 Å². The van der Waals surface area contributed by atoms with Gasteiger partial charge >= 0.3 is 6.09 Å². The second kappa shape index (κ2) is 7.15. The summed E-state index contributed by atoms with van der Waals surface area (Å²) in [5, 5.41) is 7.20. The summed E-state index contributed by atoms with van der Waals surface area (Å²) in [4.78, 5) is 30.4. The Hall–Kier alpha value is -3.68. The Balaban J connectivity index is 1.59. The molecule has 0 aliphatic carbocycles. The molecule has 3 aromatic rings. The van der Waals surface area contributed by atoms with Gasteiger partial charge in [0.05, 0.1) is 24.0 Å². The van der Waals surface area contributed by atoms with Gasteiger partial charge in [-0.05, 0) is 43.7 Å². The standard InChI is InChI=1S/C20H19N5O3/c1-13-6-7-15(24-9-10-28-20(24)27)11-17(13)23-19(26)16-12-22-25(14(16)2)18-5-3-4-8-21-18/h3-8,11-12H,9-10H2,1-2H3,(H,23,26). The van der Waals surface area contributed by atoms with E-state index in [1.54, 1.807) is 21.8 Å². The van der Waals surface area contributed by atoms with Crippen molar-refractivity contribution in [2.24, 2.45) is 0 Å². The quantitative estimate of drug-likeness (QED) is 0.755. The minimum atomic E-state index is -0.381. The van der Waals surface area contributed by atoms with E-state index < -0.39 is 0 Å². The molecular weight excluding hydrogens is 358 g/mol. The number of carbonyl (C=O) groups excluding carboxylic acids is 2. The van der Waals surface area contributed by atoms with Crippen molar-refractivity contribution in [3.05, 3.63) is 65.6 Å². The third-order valence-corrected chi connectivity index (χ3v) is 4.66. The highest BCUT2D eigenvalue weighted by Crippen LogP contribution is 2.26. The van der Waals surface area contributed by atoms with E-state index in [4.69, 9.17) is 4.74 Å². The molecule has 4 rings (SSSR count). The normalized spacial score (nSPS) is 13.5. The SMILES string of the molecule is Cc1ccc(N2CCOC2=O)cc1NC(=O)c1cnn(-c2ccccn2)c1C. The number of benzene rings is 1. The van der Waals surface area contributed by atoms with Gasteiger partial charge in [0.2, 0.25) is 0 Å². The van der Waals surface area contributed by atoms with Crippen LogP contribution >= 0.6 is 0 Å². The van der Waals surface area contributed by atoms with Crippen LogP contribution in [0.25, 0.3) is 5.82 Å². The number of anilines is 2. The Morgan fingerprint density at radius 2 is 2.07 bits per heavy atom. The van der Waals surface area contributed by atoms with Crippen LogP contribution in [0.3, 0.4) is 0 Å². The van der Waals surface area contributed by atoms with Gasteiger partial charge in [-0.2, -0.15) is 5.10 Å². The van der Waals surface area contributed by atoms with E-state index in [-0.39, 0.29) is 12.0 Å². The van der Waals surface area contributed by atoms with Crippen LogP contribution in [0.1, 0.15) is 21.6 Å². The number of pyridine rings is 1. The Labute approximate surface area is 161 Å². The lowest BCUT2D eigenvalue weighted by Crippen LogP contribution is -2.23. The average Bonchev–Trinajstić information content (AvgIpc) is 3.30. The molecule has 2 aromatic heterocycles. The van der Waals surface area contributed by atoms with Gasteiger partial charge in [-0.25, -0.2) is 14.5 Å². The van der Waals surface area contributed by atoms with Gasteiger partial charge in [0.25, 0.3) is 5.91 Å². The molecule has 8 heteroatoms. The summed E-state index contributed by atoms with van der Waals surface area (Å²) >= 11 is 0. The fraction of sp³-hybridized carbons (Fsp3) is 0.200. The van der Waals surface area contributed by atoms with Crippen molar-refractivity contribution in [3.8, 4) is 5.82 Å². The van der Waals surface area contributed by atoms with E-state index >= 15 is 0 Å². The van der Waals surface area contributed by atoms with E-state index in [9.17, 15) is 9.59 Å². The zero-order valence-electron chi connectivity index (χ0n) is 15.5. The monoisotopic (exact) mass is 377 g/mol. The minimum absolute atomic E-state index is 0.274. The Kier molecular flexibility index (Phi) is 4.52. The van der Waals surface area contributed by atoms with Gasteiger partial charge in [0.1, 0.15) is 6.61 Å². The molecule has 1 fully saturated rings. The first kappa shape index (κ1) is 17.7. The van der Waals surface area contributed by atoms with Crippen LogP contribution in [0, 0.1) is 13.8 Å². The van der Waals surface area contributed by atoms with Crippen molar-refractivity contribution >= 4 is 23.4 Å². The number of aromatic nitrogens is 3. The summed E-state index contributed by atoms with van der Waals surface area (Å²) in [6.45, 7) is 4.57. The van der Waals surface area contributed by atoms with Crippen molar-refractivity contribution in [1.82, 2.24) is 14.8 Å². The average molecular weight is 377 g/mol. The number of hydrogen-bond donors (Lipinski definition) is 1. The molecule has 0 saturated carbocycles. The fourth-order valence-electron chi connectivity index (χ4n) is 3.07. The maximum Gasteiger partial charge on any atom is 0.414 e. The zero-order chi connectivity index (χ0) is 19.7. The van der Waals surface area contributed by atoms with Gasteiger partial charge < -0.3 is 10.1 Å². The molecule has 142 valence electrons. The maximum atomic E-state index is 12.8. The molecule has 1 aliphatic heterocycles. The fourth-order valence-corrected chi connectivity index (χ4v) is 3.07. The minimum Gasteiger partial charge on any atom is -0.447 e. The van der Waals surface area contributed by atoms with Gasteiger partial charge in [0.15, 0.2) is 5.82 Å². The lowest BCUT2D eigenvalue weighted by Gasteiger charge is -2.16. The lowest BCUT2D eigenvalue weighted by molar-refractivity contribution is 0.102. The summed E-state index contributed by atoms with van der Waals surface area (Å²) < 4.78 is 6.61. The summed E-state index contributed by atoms with van der Waals surface area (Å²) in [6, 6.07) is 11.0. The first-order valence-electron chi connectivity index (χ1n) is 8.87. The molecule has 1 aliphatic rings. The molecule has 3 heterocycles. The van der Waals surface area contributed by atoms with Gasteiger partial charge in [0, 0.05) is 17.6 Å². The number of carbonyl (C=O) groups is 2. The maximum absolute atomic E-state index is 12.8. The van der Waals surface area contributed by atoms with Crippen molar-refractivity contribution in [3.63, 3.8) is 0 Å². The molecule has 0 radical (unpaired) electrons. The highest BCUT2D eigenvalue weighted by molar-refractivity contribution is 6.05. The second-order valence-electron chi connectivity index (χ2n) is 6.46. The first-order valence-corrected chi connectivity index (χ1v) is 8.87. The van der Waals surface area contributed by atoms with Gasteiger partial charge in [-0.15, -0.1) is 0 Å². The number of rotatable bonds is 4. The van der Waals surface area contributed by atoms with Crippen molar-refractivity contribution < 1.29 is 14.3 Å². The number of aryl methyl sites for hydroxylation is 1. The zero-order valence-corrected chi connectivity index (χ0v) is 15.5. The molecule has 1 aromatic carbocycles. The molecule has 0 bridgehead atoms. The summed E-state index contributed by atoms with van der Waals surface area (Å²) in [5.74, 6) is 0.369. The van der Waals surface area contributed by atoms with Crippen molar-refractivity contribution in [2.75, 3.05) is 23.4 Å². The number of cyclic esters (lactones) is 1. The van der Waals surface area contributed by atoms with Crippen LogP contribution in [0.2, 0.25) is 0 Å². The Morgan fingerprint density at radius 1 is 1.21 bits per heavy atom. The summed E-state index contributed by atoms with van der Waals surface area (Å²) in [5.41, 5.74) is 3.35. The van der Waals surface area contributed by atoms with E-state index in [1.165, 1.54) is 6.20 Å². The highest BCUT2D eigenvalue weighted by Gasteiger charge is 2.24. The lowest BCUT2D eigenvalue weighted by atomic mass is 10.1. The third-order valence-electron chi connectivity index (χ3n) is 4.66. The van der Waals surface area contributed by atoms with E-state index in [0.29, 0.717) is 41.6 Å². The molecule has 1 N–H and O–H groups in total. The second-order valence-corrected chi connectivity index (χ2v) is 6.46. The van der Waals surface area contributed by atoms with E-state index in [1.807, 2.05) is 44.2 Å². The van der Waals surface area contributed by atoms with Crippen LogP contribution in [0.5, 0.6) is 0 Å². The Morgan fingerprint density at radius 3 is 2.79 bits per heavy atom. The highest BCUT2D eigenvalue weighted by atomic mass is 16.6. The molecule has 2 amide bonds. The van der Waals surface area contributed by atoms with Gasteiger partial charge in [-0.3, -0.25) is 9.69 Å². The molecule has 0 atom stereocenters. The number of nitrogens with one attached hydrogen (secondary N) is 1. The first-order chi connectivity index (χ1) is 13.5. The van der Waals surface area contributed by atoms with Crippen LogP contribution < -0.4 is 10.2 Å². The molecular formula is C20H19N5O3.